The summed E-state index contributed by atoms with van der Waals surface area (Å²) in [6.07, 6.45) is 4.27. The number of amides is 1. The van der Waals surface area contributed by atoms with Crippen molar-refractivity contribution in [1.29, 1.82) is 0 Å². The smallest absolute Gasteiger partial charge is 0.243 e. The molecule has 0 aromatic heterocycles. The zero-order valence-electron chi connectivity index (χ0n) is 15.4. The number of hydrogen-bond acceptors (Lipinski definition) is 3. The first-order chi connectivity index (χ1) is 11.9. The molecule has 1 fully saturated rings. The largest absolute Gasteiger partial charge is 0.309 e. The fourth-order valence-corrected chi connectivity index (χ4v) is 5.31. The monoisotopic (exact) mass is 364 g/mol. The number of sulfonamides is 1. The summed E-state index contributed by atoms with van der Waals surface area (Å²) in [6.45, 7) is 7.09. The molecule has 0 unspecified atom stereocenters. The van der Waals surface area contributed by atoms with Crippen LogP contribution in [-0.4, -0.2) is 37.8 Å². The number of benzene rings is 1. The number of rotatable bonds is 7. The second kappa shape index (κ2) is 7.08. The lowest BCUT2D eigenvalue weighted by Crippen LogP contribution is -2.36. The van der Waals surface area contributed by atoms with E-state index in [0.29, 0.717) is 18.0 Å². The minimum absolute atomic E-state index is 0.100. The minimum atomic E-state index is -3.48. The molecule has 1 heterocycles. The zero-order valence-corrected chi connectivity index (χ0v) is 16.2. The van der Waals surface area contributed by atoms with Crippen LogP contribution >= 0.6 is 0 Å². The van der Waals surface area contributed by atoms with Crippen molar-refractivity contribution in [1.82, 2.24) is 4.31 Å². The molecule has 1 aliphatic carbocycles. The van der Waals surface area contributed by atoms with Gasteiger partial charge in [-0.25, -0.2) is 8.42 Å². The molecule has 0 N–H and O–H groups in total. The molecule has 3 rings (SSSR count). The minimum Gasteiger partial charge on any atom is -0.309 e. The summed E-state index contributed by atoms with van der Waals surface area (Å²) in [4.78, 5) is 14.8. The van der Waals surface area contributed by atoms with Crippen molar-refractivity contribution >= 4 is 21.6 Å². The molecular weight excluding hydrogens is 336 g/mol. The van der Waals surface area contributed by atoms with E-state index in [9.17, 15) is 13.2 Å². The summed E-state index contributed by atoms with van der Waals surface area (Å²) in [7, 11) is -3.48. The number of anilines is 1. The van der Waals surface area contributed by atoms with Crippen molar-refractivity contribution in [3.05, 3.63) is 23.8 Å². The van der Waals surface area contributed by atoms with Gasteiger partial charge >= 0.3 is 0 Å². The summed E-state index contributed by atoms with van der Waals surface area (Å²) in [5, 5.41) is 0. The Hall–Kier alpha value is -1.40. The summed E-state index contributed by atoms with van der Waals surface area (Å²) in [6, 6.07) is 5.36. The Morgan fingerprint density at radius 3 is 2.40 bits per heavy atom. The lowest BCUT2D eigenvalue weighted by Gasteiger charge is -2.23. The molecule has 5 nitrogen and oxygen atoms in total. The maximum atomic E-state index is 13.0. The molecule has 1 aromatic carbocycles. The Bertz CT molecular complexity index is 750. The highest BCUT2D eigenvalue weighted by Crippen LogP contribution is 2.39. The van der Waals surface area contributed by atoms with Crippen molar-refractivity contribution in [2.75, 3.05) is 18.0 Å². The van der Waals surface area contributed by atoms with Crippen LogP contribution in [0.2, 0.25) is 0 Å². The Balaban J connectivity index is 1.91. The summed E-state index contributed by atoms with van der Waals surface area (Å²) in [5.41, 5.74) is 1.86. The van der Waals surface area contributed by atoms with Crippen molar-refractivity contribution in [2.24, 2.45) is 5.92 Å². The van der Waals surface area contributed by atoms with E-state index in [0.717, 1.165) is 43.4 Å². The average Bonchev–Trinajstić information content (AvgIpc) is 3.36. The Labute approximate surface area is 151 Å². The summed E-state index contributed by atoms with van der Waals surface area (Å²) in [5.74, 6) is 0.363. The zero-order chi connectivity index (χ0) is 18.2. The van der Waals surface area contributed by atoms with Gasteiger partial charge in [-0.05, 0) is 62.8 Å². The van der Waals surface area contributed by atoms with Crippen LogP contribution in [0.1, 0.15) is 52.0 Å². The van der Waals surface area contributed by atoms with Crippen molar-refractivity contribution in [2.45, 2.75) is 63.8 Å². The first-order valence-corrected chi connectivity index (χ1v) is 10.8. The molecule has 1 atom stereocenters. The second-order valence-electron chi connectivity index (χ2n) is 7.23. The van der Waals surface area contributed by atoms with Gasteiger partial charge in [0.2, 0.25) is 15.9 Å². The van der Waals surface area contributed by atoms with Crippen LogP contribution in [-0.2, 0) is 21.2 Å². The van der Waals surface area contributed by atoms with Crippen LogP contribution in [0.5, 0.6) is 0 Å². The molecule has 0 spiro atoms. The maximum absolute atomic E-state index is 13.0. The second-order valence-corrected chi connectivity index (χ2v) is 9.17. The predicted molar refractivity (Wildman–Crippen MR) is 99.2 cm³/mol. The SMILES string of the molecule is CCCN(CCC)S(=O)(=O)c1ccc2c(c1)C[C@@H](C)N2C(=O)C1CC1. The van der Waals surface area contributed by atoms with Gasteiger partial charge in [0.25, 0.3) is 0 Å². The Morgan fingerprint density at radius 2 is 1.84 bits per heavy atom. The normalized spacial score (nSPS) is 20.2. The van der Waals surface area contributed by atoms with Crippen molar-refractivity contribution in [3.8, 4) is 0 Å². The van der Waals surface area contributed by atoms with Crippen LogP contribution in [0, 0.1) is 5.92 Å². The van der Waals surface area contributed by atoms with Gasteiger partial charge in [0.1, 0.15) is 0 Å². The highest BCUT2D eigenvalue weighted by molar-refractivity contribution is 7.89. The average molecular weight is 365 g/mol. The molecule has 0 bridgehead atoms. The lowest BCUT2D eigenvalue weighted by atomic mass is 10.1. The van der Waals surface area contributed by atoms with E-state index in [-0.39, 0.29) is 17.9 Å². The number of hydrogen-bond donors (Lipinski definition) is 0. The molecule has 6 heteroatoms. The van der Waals surface area contributed by atoms with E-state index in [1.54, 1.807) is 16.4 Å². The highest BCUT2D eigenvalue weighted by atomic mass is 32.2. The molecule has 1 aromatic rings. The van der Waals surface area contributed by atoms with Gasteiger partial charge in [-0.3, -0.25) is 4.79 Å². The molecule has 0 radical (unpaired) electrons. The van der Waals surface area contributed by atoms with Crippen LogP contribution in [0.4, 0.5) is 5.69 Å². The van der Waals surface area contributed by atoms with Crippen LogP contribution in [0.3, 0.4) is 0 Å². The quantitative estimate of drug-likeness (QED) is 0.747. The number of fused-ring (bicyclic) bond motifs is 1. The molecular formula is C19H28N2O3S. The van der Waals surface area contributed by atoms with Gasteiger partial charge < -0.3 is 4.90 Å². The lowest BCUT2D eigenvalue weighted by molar-refractivity contribution is -0.120. The molecule has 1 amide bonds. The number of carbonyl (C=O) groups is 1. The van der Waals surface area contributed by atoms with E-state index in [2.05, 4.69) is 0 Å². The van der Waals surface area contributed by atoms with Crippen molar-refractivity contribution in [3.63, 3.8) is 0 Å². The summed E-state index contributed by atoms with van der Waals surface area (Å²) < 4.78 is 27.5. The molecule has 138 valence electrons. The molecule has 0 saturated heterocycles. The van der Waals surface area contributed by atoms with Gasteiger partial charge in [0, 0.05) is 30.7 Å². The standard InChI is InChI=1S/C19H28N2O3S/c1-4-10-20(11-5-2)25(23,24)17-8-9-18-16(13-17)12-14(3)21(18)19(22)15-6-7-15/h8-9,13-15H,4-7,10-12H2,1-3H3/t14-/m1/s1. The first-order valence-electron chi connectivity index (χ1n) is 9.36. The topological polar surface area (TPSA) is 57.7 Å². The van der Waals surface area contributed by atoms with Gasteiger partial charge in [-0.1, -0.05) is 13.8 Å². The van der Waals surface area contributed by atoms with Gasteiger partial charge in [-0.15, -0.1) is 0 Å². The van der Waals surface area contributed by atoms with Crippen LogP contribution < -0.4 is 4.90 Å². The third-order valence-corrected chi connectivity index (χ3v) is 6.91. The fourth-order valence-electron chi connectivity index (χ4n) is 3.63. The number of nitrogens with zero attached hydrogens (tertiary/aromatic N) is 2. The van der Waals surface area contributed by atoms with Gasteiger partial charge in [-0.2, -0.15) is 4.31 Å². The maximum Gasteiger partial charge on any atom is 0.243 e. The molecule has 1 saturated carbocycles. The molecule has 1 aliphatic heterocycles. The van der Waals surface area contributed by atoms with Crippen molar-refractivity contribution < 1.29 is 13.2 Å². The van der Waals surface area contributed by atoms with E-state index < -0.39 is 10.0 Å². The van der Waals surface area contributed by atoms with Gasteiger partial charge in [0.05, 0.1) is 4.90 Å². The van der Waals surface area contributed by atoms with Crippen LogP contribution in [0.15, 0.2) is 23.1 Å². The van der Waals surface area contributed by atoms with Gasteiger partial charge in [0.15, 0.2) is 0 Å². The van der Waals surface area contributed by atoms with E-state index in [4.69, 9.17) is 0 Å². The van der Waals surface area contributed by atoms with E-state index >= 15 is 0 Å². The molecule has 25 heavy (non-hydrogen) atoms. The highest BCUT2D eigenvalue weighted by Gasteiger charge is 2.40. The predicted octanol–water partition coefficient (Wildman–Crippen LogP) is 3.18. The first kappa shape index (κ1) is 18.4. The third-order valence-electron chi connectivity index (χ3n) is 5.01. The summed E-state index contributed by atoms with van der Waals surface area (Å²) >= 11 is 0. The van der Waals surface area contributed by atoms with E-state index in [1.165, 1.54) is 0 Å². The Kier molecular flexibility index (Phi) is 5.21. The third kappa shape index (κ3) is 3.47. The number of carbonyl (C=O) groups excluding carboxylic acids is 1. The Morgan fingerprint density at radius 1 is 1.20 bits per heavy atom. The molecule has 2 aliphatic rings. The fraction of sp³-hybridized carbons (Fsp3) is 0.632. The van der Waals surface area contributed by atoms with E-state index in [1.807, 2.05) is 31.7 Å². The van der Waals surface area contributed by atoms with Crippen LogP contribution in [0.25, 0.3) is 0 Å².